The van der Waals surface area contributed by atoms with Crippen molar-refractivity contribution in [1.82, 2.24) is 10.2 Å². The van der Waals surface area contributed by atoms with Gasteiger partial charge in [-0.25, -0.2) is 0 Å². The van der Waals surface area contributed by atoms with Crippen molar-refractivity contribution < 1.29 is 14.3 Å². The molecule has 8 heteroatoms. The molecule has 0 bridgehead atoms. The number of anilines is 1. The average Bonchev–Trinajstić information content (AvgIpc) is 2.50. The maximum Gasteiger partial charge on any atom is 0.313 e. The lowest BCUT2D eigenvalue weighted by molar-refractivity contribution is -0.143. The minimum atomic E-state index is -0.651. The summed E-state index contributed by atoms with van der Waals surface area (Å²) in [5.74, 6) is -0.601. The van der Waals surface area contributed by atoms with Gasteiger partial charge in [0.25, 0.3) is 0 Å². The molecule has 1 heterocycles. The number of nitrogens with zero attached hydrogens (tertiary/aromatic N) is 1. The first kappa shape index (κ1) is 16.3. The van der Waals surface area contributed by atoms with Crippen LogP contribution in [0, 0.1) is 0 Å². The molecule has 0 spiro atoms. The van der Waals surface area contributed by atoms with E-state index in [-0.39, 0.29) is 0 Å². The molecule has 1 aromatic rings. The summed E-state index contributed by atoms with van der Waals surface area (Å²) in [6, 6.07) is 3.40. The molecule has 0 atom stereocenters. The fourth-order valence-electron chi connectivity index (χ4n) is 1.97. The van der Waals surface area contributed by atoms with Gasteiger partial charge in [0.2, 0.25) is 0 Å². The van der Waals surface area contributed by atoms with E-state index in [2.05, 4.69) is 42.5 Å². The Hall–Kier alpha value is -1.12. The fraction of sp³-hybridized carbons (Fsp3) is 0.385. The highest BCUT2D eigenvalue weighted by Gasteiger charge is 2.24. The Bertz CT molecular complexity index is 560. The van der Waals surface area contributed by atoms with Gasteiger partial charge in [-0.15, -0.1) is 0 Å². The first-order valence-corrected chi connectivity index (χ1v) is 7.95. The number of hydrogen-bond donors (Lipinski definition) is 2. The van der Waals surface area contributed by atoms with Gasteiger partial charge >= 0.3 is 11.8 Å². The molecule has 2 rings (SSSR count). The van der Waals surface area contributed by atoms with Crippen molar-refractivity contribution in [3.63, 3.8) is 0 Å². The lowest BCUT2D eigenvalue weighted by Crippen LogP contribution is -2.49. The topological polar surface area (TPSA) is 70.7 Å². The van der Waals surface area contributed by atoms with Crippen molar-refractivity contribution in [2.24, 2.45) is 0 Å². The number of ether oxygens (including phenoxy) is 1. The van der Waals surface area contributed by atoms with E-state index in [9.17, 15) is 9.59 Å². The van der Waals surface area contributed by atoms with Crippen LogP contribution in [0.5, 0.6) is 5.75 Å². The third kappa shape index (κ3) is 3.96. The SMILES string of the molecule is COc1cc(NC(=O)C(=O)N2CCNCC2)c(Br)cc1Br. The third-order valence-electron chi connectivity index (χ3n) is 3.09. The predicted octanol–water partition coefficient (Wildman–Crippen LogP) is 1.59. The van der Waals surface area contributed by atoms with Gasteiger partial charge in [0, 0.05) is 36.7 Å². The zero-order chi connectivity index (χ0) is 15.4. The van der Waals surface area contributed by atoms with Crippen LogP contribution in [0.15, 0.2) is 21.1 Å². The molecule has 1 aromatic carbocycles. The van der Waals surface area contributed by atoms with Gasteiger partial charge in [-0.1, -0.05) is 0 Å². The largest absolute Gasteiger partial charge is 0.495 e. The summed E-state index contributed by atoms with van der Waals surface area (Å²) in [4.78, 5) is 25.7. The van der Waals surface area contributed by atoms with Crippen molar-refractivity contribution in [3.05, 3.63) is 21.1 Å². The van der Waals surface area contributed by atoms with Crippen LogP contribution < -0.4 is 15.4 Å². The number of piperazine rings is 1. The molecule has 1 saturated heterocycles. The number of carbonyl (C=O) groups excluding carboxylic acids is 2. The van der Waals surface area contributed by atoms with E-state index in [0.29, 0.717) is 42.1 Å². The Morgan fingerprint density at radius 3 is 2.52 bits per heavy atom. The second-order valence-electron chi connectivity index (χ2n) is 4.46. The summed E-state index contributed by atoms with van der Waals surface area (Å²) in [6.07, 6.45) is 0. The summed E-state index contributed by atoms with van der Waals surface area (Å²) >= 11 is 6.70. The van der Waals surface area contributed by atoms with Crippen LogP contribution in [0.2, 0.25) is 0 Å². The number of halogens is 2. The summed E-state index contributed by atoms with van der Waals surface area (Å²) in [7, 11) is 1.53. The first-order chi connectivity index (χ1) is 10.0. The van der Waals surface area contributed by atoms with Gasteiger partial charge in [-0.3, -0.25) is 9.59 Å². The summed E-state index contributed by atoms with van der Waals surface area (Å²) < 4.78 is 6.59. The minimum Gasteiger partial charge on any atom is -0.495 e. The Kier molecular flexibility index (Phi) is 5.60. The molecule has 0 unspecified atom stereocenters. The number of rotatable bonds is 2. The fourth-order valence-corrected chi connectivity index (χ4v) is 3.22. The quantitative estimate of drug-likeness (QED) is 0.713. The Balaban J connectivity index is 2.10. The van der Waals surface area contributed by atoms with Gasteiger partial charge in [-0.05, 0) is 37.9 Å². The first-order valence-electron chi connectivity index (χ1n) is 6.37. The number of methoxy groups -OCH3 is 1. The van der Waals surface area contributed by atoms with Crippen LogP contribution in [-0.2, 0) is 9.59 Å². The van der Waals surface area contributed by atoms with Crippen molar-refractivity contribution >= 4 is 49.4 Å². The highest BCUT2D eigenvalue weighted by molar-refractivity contribution is 9.11. The van der Waals surface area contributed by atoms with E-state index >= 15 is 0 Å². The van der Waals surface area contributed by atoms with E-state index in [1.165, 1.54) is 12.0 Å². The lowest BCUT2D eigenvalue weighted by Gasteiger charge is -2.26. The lowest BCUT2D eigenvalue weighted by atomic mass is 10.3. The molecule has 1 fully saturated rings. The molecule has 0 saturated carbocycles. The number of nitrogens with one attached hydrogen (secondary N) is 2. The molecular weight excluding hydrogens is 406 g/mol. The van der Waals surface area contributed by atoms with Crippen molar-refractivity contribution in [3.8, 4) is 5.75 Å². The third-order valence-corrected chi connectivity index (χ3v) is 4.36. The van der Waals surface area contributed by atoms with Crippen molar-refractivity contribution in [2.75, 3.05) is 38.6 Å². The number of hydrogen-bond acceptors (Lipinski definition) is 4. The molecule has 1 aliphatic rings. The number of benzene rings is 1. The van der Waals surface area contributed by atoms with Crippen molar-refractivity contribution in [2.45, 2.75) is 0 Å². The molecule has 114 valence electrons. The van der Waals surface area contributed by atoms with Crippen LogP contribution in [0.4, 0.5) is 5.69 Å². The highest BCUT2D eigenvalue weighted by Crippen LogP contribution is 2.34. The minimum absolute atomic E-state index is 0.489. The highest BCUT2D eigenvalue weighted by atomic mass is 79.9. The van der Waals surface area contributed by atoms with Crippen LogP contribution >= 0.6 is 31.9 Å². The van der Waals surface area contributed by atoms with Crippen LogP contribution in [0.3, 0.4) is 0 Å². The maximum atomic E-state index is 12.1. The monoisotopic (exact) mass is 419 g/mol. The average molecular weight is 421 g/mol. The zero-order valence-electron chi connectivity index (χ0n) is 11.4. The van der Waals surface area contributed by atoms with E-state index in [0.717, 1.165) is 4.47 Å². The second-order valence-corrected chi connectivity index (χ2v) is 6.17. The van der Waals surface area contributed by atoms with Gasteiger partial charge in [0.05, 0.1) is 17.3 Å². The number of amides is 2. The standard InChI is InChI=1S/C13H15Br2N3O3/c1-21-11-7-10(8(14)6-9(11)15)17-12(19)13(20)18-4-2-16-3-5-18/h6-7,16H,2-5H2,1H3,(H,17,19). The molecule has 6 nitrogen and oxygen atoms in total. The van der Waals surface area contributed by atoms with Crippen molar-refractivity contribution in [1.29, 1.82) is 0 Å². The van der Waals surface area contributed by atoms with E-state index in [4.69, 9.17) is 4.74 Å². The van der Waals surface area contributed by atoms with Gasteiger partial charge in [-0.2, -0.15) is 0 Å². The summed E-state index contributed by atoms with van der Waals surface area (Å²) in [5, 5.41) is 5.74. The smallest absolute Gasteiger partial charge is 0.313 e. The molecular formula is C13H15Br2N3O3. The molecule has 1 aliphatic heterocycles. The summed E-state index contributed by atoms with van der Waals surface area (Å²) in [6.45, 7) is 2.48. The predicted molar refractivity (Wildman–Crippen MR) is 86.5 cm³/mol. The molecule has 21 heavy (non-hydrogen) atoms. The van der Waals surface area contributed by atoms with Gasteiger partial charge in [0.1, 0.15) is 5.75 Å². The molecule has 0 radical (unpaired) electrons. The summed E-state index contributed by atoms with van der Waals surface area (Å²) in [5.41, 5.74) is 0.489. The van der Waals surface area contributed by atoms with Gasteiger partial charge in [0.15, 0.2) is 0 Å². The van der Waals surface area contributed by atoms with Crippen LogP contribution in [0.1, 0.15) is 0 Å². The van der Waals surface area contributed by atoms with E-state index in [1.54, 1.807) is 12.1 Å². The second kappa shape index (κ2) is 7.24. The van der Waals surface area contributed by atoms with Crippen LogP contribution in [-0.4, -0.2) is 50.0 Å². The molecule has 2 amide bonds. The van der Waals surface area contributed by atoms with E-state index < -0.39 is 11.8 Å². The Labute approximate surface area is 139 Å². The maximum absolute atomic E-state index is 12.1. The van der Waals surface area contributed by atoms with Gasteiger partial charge < -0.3 is 20.3 Å². The molecule has 0 aliphatic carbocycles. The normalized spacial score (nSPS) is 14.7. The Morgan fingerprint density at radius 1 is 1.24 bits per heavy atom. The molecule has 0 aromatic heterocycles. The molecule has 2 N–H and O–H groups in total. The zero-order valence-corrected chi connectivity index (χ0v) is 14.6. The number of carbonyl (C=O) groups is 2. The van der Waals surface area contributed by atoms with Crippen LogP contribution in [0.25, 0.3) is 0 Å². The van der Waals surface area contributed by atoms with E-state index in [1.807, 2.05) is 0 Å². The Morgan fingerprint density at radius 2 is 1.90 bits per heavy atom.